The van der Waals surface area contributed by atoms with E-state index in [2.05, 4.69) is 30.7 Å². The summed E-state index contributed by atoms with van der Waals surface area (Å²) in [5, 5.41) is 10.5. The maximum atomic E-state index is 13.9. The fraction of sp³-hybridized carbons (Fsp3) is 0.483. The molecule has 8 nitrogen and oxygen atoms in total. The molecular formula is C29H37ClN3O5P. The predicted octanol–water partition coefficient (Wildman–Crippen LogP) is 6.59. The summed E-state index contributed by atoms with van der Waals surface area (Å²) in [4.78, 5) is 43.9. The lowest BCUT2D eigenvalue weighted by Crippen LogP contribution is -2.39. The number of hydrogen-bond donors (Lipinski definition) is 2. The van der Waals surface area contributed by atoms with Crippen LogP contribution in [0, 0.1) is 11.8 Å². The predicted molar refractivity (Wildman–Crippen MR) is 158 cm³/mol. The van der Waals surface area contributed by atoms with Gasteiger partial charge < -0.3 is 24.1 Å². The zero-order valence-electron chi connectivity index (χ0n) is 23.0. The number of carboxylic acid groups (broad SMARTS) is 1. The first-order valence-corrected chi connectivity index (χ1v) is 15.8. The van der Waals surface area contributed by atoms with Crippen molar-refractivity contribution in [2.24, 2.45) is 11.8 Å². The first-order chi connectivity index (χ1) is 18.6. The molecule has 0 spiro atoms. The number of nitrogens with zero attached hydrogens (tertiary/aromatic N) is 2. The Morgan fingerprint density at radius 3 is 2.69 bits per heavy atom. The lowest BCUT2D eigenvalue weighted by atomic mass is 9.88. The van der Waals surface area contributed by atoms with Crippen LogP contribution in [0.1, 0.15) is 72.9 Å². The third-order valence-corrected chi connectivity index (χ3v) is 9.30. The Morgan fingerprint density at radius 1 is 1.28 bits per heavy atom. The summed E-state index contributed by atoms with van der Waals surface area (Å²) in [5.74, 6) is -0.343. The number of nitrogens with one attached hydrogen (secondary N) is 1. The number of halogens is 1. The van der Waals surface area contributed by atoms with E-state index in [0.717, 1.165) is 44.0 Å². The highest BCUT2D eigenvalue weighted by Gasteiger charge is 2.34. The summed E-state index contributed by atoms with van der Waals surface area (Å²) in [7, 11) is -1.03. The summed E-state index contributed by atoms with van der Waals surface area (Å²) >= 11 is 6.54. The van der Waals surface area contributed by atoms with E-state index >= 15 is 0 Å². The number of hydrogen-bond acceptors (Lipinski definition) is 5. The number of pyridine rings is 1. The fourth-order valence-electron chi connectivity index (χ4n) is 5.33. The third-order valence-electron chi connectivity index (χ3n) is 7.51. The Balaban J connectivity index is 1.98. The Labute approximate surface area is 235 Å². The van der Waals surface area contributed by atoms with Gasteiger partial charge >= 0.3 is 11.9 Å². The number of carboxylic acids is 1. The maximum Gasteiger partial charge on any atom is 0.352 e. The minimum atomic E-state index is -1.27. The Bertz CT molecular complexity index is 1420. The second-order valence-electron chi connectivity index (χ2n) is 10.6. The van der Waals surface area contributed by atoms with E-state index in [1.165, 1.54) is 6.07 Å². The van der Waals surface area contributed by atoms with Crippen LogP contribution in [0.2, 0.25) is 5.02 Å². The van der Waals surface area contributed by atoms with Gasteiger partial charge in [-0.15, -0.1) is 0 Å². The van der Waals surface area contributed by atoms with Crippen molar-refractivity contribution in [2.45, 2.75) is 53.0 Å². The molecule has 1 aliphatic heterocycles. The minimum Gasteiger partial charge on any atom is -0.477 e. The molecule has 2 atom stereocenters. The highest BCUT2D eigenvalue weighted by Crippen LogP contribution is 2.41. The Kier molecular flexibility index (Phi) is 9.39. The highest BCUT2D eigenvalue weighted by molar-refractivity contribution is 7.52. The molecule has 2 N–H and O–H groups in total. The minimum absolute atomic E-state index is 0.238. The van der Waals surface area contributed by atoms with E-state index < -0.39 is 25.6 Å². The average Bonchev–Trinajstić information content (AvgIpc) is 3.23. The number of benzene rings is 1. The van der Waals surface area contributed by atoms with Gasteiger partial charge in [-0.3, -0.25) is 4.79 Å². The van der Waals surface area contributed by atoms with Crippen LogP contribution in [-0.4, -0.2) is 52.5 Å². The normalized spacial score (nSPS) is 16.6. The van der Waals surface area contributed by atoms with Gasteiger partial charge in [0, 0.05) is 29.7 Å². The van der Waals surface area contributed by atoms with Gasteiger partial charge in [0.05, 0.1) is 14.7 Å². The second kappa shape index (κ2) is 12.6. The van der Waals surface area contributed by atoms with Crippen LogP contribution in [0.5, 0.6) is 0 Å². The Hall–Kier alpha value is -2.83. The lowest BCUT2D eigenvalue weighted by Gasteiger charge is -2.37. The smallest absolute Gasteiger partial charge is 0.352 e. The molecule has 2 unspecified atom stereocenters. The molecule has 3 heterocycles. The van der Waals surface area contributed by atoms with Crippen molar-refractivity contribution < 1.29 is 19.2 Å². The van der Waals surface area contributed by atoms with Gasteiger partial charge in [-0.2, -0.15) is 0 Å². The monoisotopic (exact) mass is 573 g/mol. The van der Waals surface area contributed by atoms with Crippen LogP contribution in [0.3, 0.4) is 0 Å². The number of rotatable bonds is 10. The molecule has 0 radical (unpaired) electrons. The number of anilines is 1. The van der Waals surface area contributed by atoms with Gasteiger partial charge in [-0.25, -0.2) is 9.59 Å². The molecule has 1 saturated heterocycles. The Morgan fingerprint density at radius 2 is 2.03 bits per heavy atom. The van der Waals surface area contributed by atoms with Gasteiger partial charge in [0.15, 0.2) is 0 Å². The molecule has 0 amide bonds. The van der Waals surface area contributed by atoms with Crippen LogP contribution in [0.15, 0.2) is 35.1 Å². The highest BCUT2D eigenvalue weighted by atomic mass is 35.5. The van der Waals surface area contributed by atoms with E-state index in [9.17, 15) is 19.5 Å². The van der Waals surface area contributed by atoms with Crippen molar-refractivity contribution in [3.8, 4) is 0 Å². The van der Waals surface area contributed by atoms with Crippen LogP contribution < -0.4 is 10.5 Å². The molecule has 10 heteroatoms. The van der Waals surface area contributed by atoms with Gasteiger partial charge in [-0.1, -0.05) is 57.0 Å². The summed E-state index contributed by atoms with van der Waals surface area (Å²) < 4.78 is 7.80. The van der Waals surface area contributed by atoms with Crippen molar-refractivity contribution in [3.63, 3.8) is 0 Å². The summed E-state index contributed by atoms with van der Waals surface area (Å²) in [6.07, 6.45) is 4.75. The van der Waals surface area contributed by atoms with Gasteiger partial charge in [0.2, 0.25) is 0 Å². The standard InChI is InChI=1S/C29H37ClN3O5P/c1-5-6-14-39(4)38-29(37)24-21-15-23(28(35)36)31-26(34)25(21)33(17-20-10-7-8-12-22(20)30)27(24)32-13-9-11-19(16-32)18(2)3/h7-8,10,12,15,18-19H,5-6,9,11,13-14,16-17H2,1-4H3,(H,31,34)(H,35,36). The van der Waals surface area contributed by atoms with E-state index in [1.54, 1.807) is 6.07 Å². The van der Waals surface area contributed by atoms with Crippen LogP contribution >= 0.6 is 19.7 Å². The van der Waals surface area contributed by atoms with Crippen LogP contribution in [-0.2, 0) is 11.1 Å². The molecule has 2 aromatic heterocycles. The molecule has 0 aliphatic carbocycles. The van der Waals surface area contributed by atoms with Crippen molar-refractivity contribution in [1.82, 2.24) is 9.55 Å². The van der Waals surface area contributed by atoms with E-state index in [-0.39, 0.29) is 28.7 Å². The lowest BCUT2D eigenvalue weighted by molar-refractivity contribution is 0.0688. The van der Waals surface area contributed by atoms with Crippen molar-refractivity contribution in [2.75, 3.05) is 30.8 Å². The topological polar surface area (TPSA) is 105 Å². The van der Waals surface area contributed by atoms with Crippen molar-refractivity contribution in [1.29, 1.82) is 0 Å². The number of aromatic carboxylic acids is 1. The second-order valence-corrected chi connectivity index (χ2v) is 12.9. The fourth-order valence-corrected chi connectivity index (χ4v) is 6.75. The van der Waals surface area contributed by atoms with Crippen LogP contribution in [0.25, 0.3) is 10.9 Å². The number of aromatic amines is 1. The zero-order valence-corrected chi connectivity index (χ0v) is 24.6. The first kappa shape index (κ1) is 29.2. The summed E-state index contributed by atoms with van der Waals surface area (Å²) in [6, 6.07) is 8.78. The molecule has 3 aromatic rings. The number of carbonyl (C=O) groups excluding carboxylic acids is 1. The number of piperidine rings is 1. The molecule has 0 bridgehead atoms. The van der Waals surface area contributed by atoms with Crippen molar-refractivity contribution >= 4 is 48.4 Å². The van der Waals surface area contributed by atoms with E-state index in [0.29, 0.717) is 29.2 Å². The number of unbranched alkanes of at least 4 members (excludes halogenated alkanes) is 1. The van der Waals surface area contributed by atoms with Gasteiger partial charge in [0.1, 0.15) is 22.6 Å². The van der Waals surface area contributed by atoms with Gasteiger partial charge in [-0.05, 0) is 55.5 Å². The number of H-pyrrole nitrogens is 1. The number of carbonyl (C=O) groups is 2. The quantitative estimate of drug-likeness (QED) is 0.265. The number of fused-ring (bicyclic) bond motifs is 1. The molecule has 4 rings (SSSR count). The molecule has 1 aliphatic rings. The molecular weight excluding hydrogens is 537 g/mol. The molecule has 39 heavy (non-hydrogen) atoms. The molecule has 0 saturated carbocycles. The summed E-state index contributed by atoms with van der Waals surface area (Å²) in [6.45, 7) is 10.1. The van der Waals surface area contributed by atoms with Crippen molar-refractivity contribution in [3.05, 3.63) is 62.5 Å². The molecule has 1 aromatic carbocycles. The zero-order chi connectivity index (χ0) is 28.3. The SMILES string of the molecule is CCCCP(C)OC(=O)c1c(N2CCCC(C(C)C)C2)n(Cc2ccccc2Cl)c2c(=O)[nH]c(C(=O)O)cc12. The van der Waals surface area contributed by atoms with Gasteiger partial charge in [0.25, 0.3) is 5.56 Å². The maximum absolute atomic E-state index is 13.9. The summed E-state index contributed by atoms with van der Waals surface area (Å²) in [5.41, 5.74) is 0.436. The molecule has 210 valence electrons. The average molecular weight is 574 g/mol. The number of aromatic nitrogens is 2. The molecule has 1 fully saturated rings. The van der Waals surface area contributed by atoms with E-state index in [4.69, 9.17) is 16.1 Å². The first-order valence-electron chi connectivity index (χ1n) is 13.6. The van der Waals surface area contributed by atoms with E-state index in [1.807, 2.05) is 29.4 Å². The largest absolute Gasteiger partial charge is 0.477 e. The third kappa shape index (κ3) is 6.33. The van der Waals surface area contributed by atoms with Crippen LogP contribution in [0.4, 0.5) is 5.82 Å².